The Labute approximate surface area is 127 Å². The summed E-state index contributed by atoms with van der Waals surface area (Å²) < 4.78 is 0. The molecule has 1 unspecified atom stereocenters. The molecule has 0 radical (unpaired) electrons. The fourth-order valence-electron chi connectivity index (χ4n) is 2.97. The Bertz CT molecular complexity index is 719. The van der Waals surface area contributed by atoms with Gasteiger partial charge in [-0.05, 0) is 17.5 Å². The van der Waals surface area contributed by atoms with Gasteiger partial charge >= 0.3 is 0 Å². The Morgan fingerprint density at radius 2 is 2.05 bits per heavy atom. The largest absolute Gasteiger partial charge is 0.392 e. The molecule has 116 valence electrons. The summed E-state index contributed by atoms with van der Waals surface area (Å²) in [4.78, 5) is 25.4. The zero-order valence-corrected chi connectivity index (χ0v) is 12.2. The number of rotatable bonds is 4. The van der Waals surface area contributed by atoms with Crippen LogP contribution in [0.1, 0.15) is 29.2 Å². The molecule has 6 nitrogen and oxygen atoms in total. The Kier molecular flexibility index (Phi) is 4.11. The molecule has 3 rings (SSSR count). The molecule has 1 aliphatic rings. The average molecular weight is 301 g/mol. The number of amides is 1. The molecule has 1 aromatic heterocycles. The lowest BCUT2D eigenvalue weighted by Gasteiger charge is -2.17. The minimum absolute atomic E-state index is 0.0567. The summed E-state index contributed by atoms with van der Waals surface area (Å²) in [5.74, 6) is 0.234. The molecule has 6 heteroatoms. The molecule has 1 fully saturated rings. The van der Waals surface area contributed by atoms with Crippen molar-refractivity contribution in [2.24, 2.45) is 0 Å². The molecule has 2 heterocycles. The Balaban J connectivity index is 1.65. The van der Waals surface area contributed by atoms with E-state index in [-0.39, 0.29) is 24.0 Å². The topological polar surface area (TPSA) is 89.2 Å². The first kappa shape index (κ1) is 14.6. The van der Waals surface area contributed by atoms with Crippen molar-refractivity contribution in [2.75, 3.05) is 13.1 Å². The minimum atomic E-state index is -0.142. The lowest BCUT2D eigenvalue weighted by molar-refractivity contribution is -0.129. The van der Waals surface area contributed by atoms with Crippen molar-refractivity contribution in [1.82, 2.24) is 15.1 Å². The second-order valence-corrected chi connectivity index (χ2v) is 5.64. The molecule has 2 aromatic rings. The number of H-pyrrole nitrogens is 2. The third-order valence-electron chi connectivity index (χ3n) is 4.23. The zero-order valence-electron chi connectivity index (χ0n) is 12.2. The van der Waals surface area contributed by atoms with Crippen LogP contribution in [0.5, 0.6) is 0 Å². The van der Waals surface area contributed by atoms with Gasteiger partial charge in [0, 0.05) is 30.8 Å². The molecule has 22 heavy (non-hydrogen) atoms. The second kappa shape index (κ2) is 6.19. The summed E-state index contributed by atoms with van der Waals surface area (Å²) in [5.41, 5.74) is 2.38. The number of nitrogens with one attached hydrogen (secondary N) is 2. The first-order chi connectivity index (χ1) is 10.7. The molecular weight excluding hydrogens is 282 g/mol. The molecular formula is C16H19N3O3. The highest BCUT2D eigenvalue weighted by Gasteiger charge is 2.28. The van der Waals surface area contributed by atoms with E-state index in [2.05, 4.69) is 10.2 Å². The van der Waals surface area contributed by atoms with E-state index >= 15 is 0 Å². The van der Waals surface area contributed by atoms with Crippen LogP contribution in [0.2, 0.25) is 0 Å². The summed E-state index contributed by atoms with van der Waals surface area (Å²) in [6, 6.07) is 8.99. The van der Waals surface area contributed by atoms with Gasteiger partial charge in [-0.25, -0.2) is 0 Å². The van der Waals surface area contributed by atoms with E-state index in [1.807, 2.05) is 29.2 Å². The number of hydrogen-bond acceptors (Lipinski definition) is 3. The molecule has 1 amide bonds. The van der Waals surface area contributed by atoms with Crippen molar-refractivity contribution < 1.29 is 9.90 Å². The number of aliphatic hydroxyl groups excluding tert-OH is 1. The van der Waals surface area contributed by atoms with Gasteiger partial charge < -0.3 is 15.1 Å². The number of hydrogen-bond donors (Lipinski definition) is 3. The molecule has 3 N–H and O–H groups in total. The van der Waals surface area contributed by atoms with Crippen LogP contribution < -0.4 is 5.56 Å². The van der Waals surface area contributed by atoms with Gasteiger partial charge in [0.2, 0.25) is 5.91 Å². The fourth-order valence-corrected chi connectivity index (χ4v) is 2.97. The SMILES string of the molecule is O=C(Cc1ccccc1CO)N1CCC(c2cc(=O)[nH][nH]2)C1. The van der Waals surface area contributed by atoms with Crippen LogP contribution in [-0.2, 0) is 17.8 Å². The fraction of sp³-hybridized carbons (Fsp3) is 0.375. The van der Waals surface area contributed by atoms with E-state index in [1.54, 1.807) is 6.07 Å². The van der Waals surface area contributed by atoms with Crippen LogP contribution in [0, 0.1) is 0 Å². The van der Waals surface area contributed by atoms with Gasteiger partial charge in [-0.3, -0.25) is 14.7 Å². The zero-order chi connectivity index (χ0) is 15.5. The molecule has 1 aliphatic heterocycles. The van der Waals surface area contributed by atoms with Crippen LogP contribution in [0.4, 0.5) is 0 Å². The molecule has 0 saturated carbocycles. The normalized spacial score (nSPS) is 17.9. The molecule has 0 bridgehead atoms. The highest BCUT2D eigenvalue weighted by atomic mass is 16.3. The average Bonchev–Trinajstić information content (AvgIpc) is 3.16. The molecule has 0 aliphatic carbocycles. The van der Waals surface area contributed by atoms with Gasteiger partial charge in [0.1, 0.15) is 0 Å². The second-order valence-electron chi connectivity index (χ2n) is 5.64. The van der Waals surface area contributed by atoms with E-state index in [4.69, 9.17) is 0 Å². The monoisotopic (exact) mass is 301 g/mol. The maximum Gasteiger partial charge on any atom is 0.264 e. The number of carbonyl (C=O) groups excluding carboxylic acids is 1. The van der Waals surface area contributed by atoms with Crippen molar-refractivity contribution in [2.45, 2.75) is 25.4 Å². The number of aliphatic hydroxyl groups is 1. The van der Waals surface area contributed by atoms with Gasteiger partial charge in [0.25, 0.3) is 5.56 Å². The van der Waals surface area contributed by atoms with E-state index in [1.165, 1.54) is 0 Å². The van der Waals surface area contributed by atoms with Crippen molar-refractivity contribution in [3.8, 4) is 0 Å². The highest BCUT2D eigenvalue weighted by Crippen LogP contribution is 2.25. The van der Waals surface area contributed by atoms with Gasteiger partial charge in [-0.15, -0.1) is 0 Å². The van der Waals surface area contributed by atoms with Crippen LogP contribution in [0.3, 0.4) is 0 Å². The number of nitrogens with zero attached hydrogens (tertiary/aromatic N) is 1. The minimum Gasteiger partial charge on any atom is -0.392 e. The third-order valence-corrected chi connectivity index (χ3v) is 4.23. The van der Waals surface area contributed by atoms with E-state index in [9.17, 15) is 14.7 Å². The Morgan fingerprint density at radius 3 is 2.73 bits per heavy atom. The molecule has 1 saturated heterocycles. The predicted octanol–water partition coefficient (Wildman–Crippen LogP) is 0.754. The van der Waals surface area contributed by atoms with Crippen molar-refractivity contribution in [3.05, 3.63) is 57.5 Å². The third kappa shape index (κ3) is 2.96. The van der Waals surface area contributed by atoms with Crippen molar-refractivity contribution in [3.63, 3.8) is 0 Å². The van der Waals surface area contributed by atoms with E-state index in [0.29, 0.717) is 19.5 Å². The quantitative estimate of drug-likeness (QED) is 0.778. The number of benzene rings is 1. The Hall–Kier alpha value is -2.34. The summed E-state index contributed by atoms with van der Waals surface area (Å²) >= 11 is 0. The van der Waals surface area contributed by atoms with Gasteiger partial charge in [-0.1, -0.05) is 24.3 Å². The maximum atomic E-state index is 12.4. The lowest BCUT2D eigenvalue weighted by Crippen LogP contribution is -2.30. The number of aromatic amines is 2. The van der Waals surface area contributed by atoms with Gasteiger partial charge in [0.15, 0.2) is 0 Å². The summed E-state index contributed by atoms with van der Waals surface area (Å²) in [7, 11) is 0. The highest BCUT2D eigenvalue weighted by molar-refractivity contribution is 5.79. The van der Waals surface area contributed by atoms with Crippen LogP contribution in [0.25, 0.3) is 0 Å². The van der Waals surface area contributed by atoms with Crippen LogP contribution in [0.15, 0.2) is 35.1 Å². The number of carbonyl (C=O) groups is 1. The van der Waals surface area contributed by atoms with Gasteiger partial charge in [0.05, 0.1) is 13.0 Å². The molecule has 1 aromatic carbocycles. The summed E-state index contributed by atoms with van der Waals surface area (Å²) in [6.45, 7) is 1.25. The first-order valence-corrected chi connectivity index (χ1v) is 7.40. The maximum absolute atomic E-state index is 12.4. The van der Waals surface area contributed by atoms with Crippen LogP contribution >= 0.6 is 0 Å². The molecule has 1 atom stereocenters. The number of aromatic nitrogens is 2. The number of likely N-dealkylation sites (tertiary alicyclic amines) is 1. The van der Waals surface area contributed by atoms with Gasteiger partial charge in [-0.2, -0.15) is 0 Å². The van der Waals surface area contributed by atoms with Crippen molar-refractivity contribution in [1.29, 1.82) is 0 Å². The Morgan fingerprint density at radius 1 is 1.27 bits per heavy atom. The lowest BCUT2D eigenvalue weighted by atomic mass is 10.0. The van der Waals surface area contributed by atoms with Crippen LogP contribution in [-0.4, -0.2) is 39.2 Å². The van der Waals surface area contributed by atoms with E-state index in [0.717, 1.165) is 23.2 Å². The first-order valence-electron chi connectivity index (χ1n) is 7.40. The predicted molar refractivity (Wildman–Crippen MR) is 81.4 cm³/mol. The van der Waals surface area contributed by atoms with E-state index < -0.39 is 0 Å². The smallest absolute Gasteiger partial charge is 0.264 e. The summed E-state index contributed by atoms with van der Waals surface area (Å²) in [5, 5.41) is 14.7. The molecule has 0 spiro atoms. The van der Waals surface area contributed by atoms with Crippen molar-refractivity contribution >= 4 is 5.91 Å². The summed E-state index contributed by atoms with van der Waals surface area (Å²) in [6.07, 6.45) is 1.15. The standard InChI is InChI=1S/C16H19N3O3/c20-10-13-4-2-1-3-11(13)7-16(22)19-6-5-12(9-19)14-8-15(21)18-17-14/h1-4,8,12,20H,5-7,9-10H2,(H2,17,18,21).